The Hall–Kier alpha value is -0.800. The number of nitrogens with zero attached hydrogens (tertiary/aromatic N) is 1. The Balaban J connectivity index is 2.88. The number of halogens is 1. The fourth-order valence-corrected chi connectivity index (χ4v) is 1.37. The predicted octanol–water partition coefficient (Wildman–Crippen LogP) is 3.10. The summed E-state index contributed by atoms with van der Waals surface area (Å²) < 4.78 is 0. The summed E-state index contributed by atoms with van der Waals surface area (Å²) in [5, 5.41) is 10.3. The number of benzene rings is 1. The molecule has 2 nitrogen and oxygen atoms in total. The van der Waals surface area contributed by atoms with Crippen molar-refractivity contribution in [3.05, 3.63) is 35.4 Å². The number of amidine groups is 1. The molecule has 0 amide bonds. The molecule has 1 N–H and O–H groups in total. The van der Waals surface area contributed by atoms with Gasteiger partial charge in [-0.3, -0.25) is 5.41 Å². The summed E-state index contributed by atoms with van der Waals surface area (Å²) in [5.74, 6) is 3.15. The van der Waals surface area contributed by atoms with Gasteiger partial charge in [0.05, 0.1) is 0 Å². The van der Waals surface area contributed by atoms with Gasteiger partial charge in [-0.1, -0.05) is 5.92 Å². The molecule has 0 spiro atoms. The van der Waals surface area contributed by atoms with Gasteiger partial charge < -0.3 is 0 Å². The van der Waals surface area contributed by atoms with E-state index in [1.165, 1.54) is 8.93 Å². The van der Waals surface area contributed by atoms with E-state index in [2.05, 4.69) is 44.1 Å². The molecule has 14 heavy (non-hydrogen) atoms. The lowest BCUT2D eigenvalue weighted by Gasteiger charge is -1.96. The van der Waals surface area contributed by atoms with Crippen LogP contribution in [0.25, 0.3) is 0 Å². The average molecular weight is 314 g/mol. The highest BCUT2D eigenvalue weighted by atomic mass is 127. The van der Waals surface area contributed by atoms with Crippen LogP contribution < -0.4 is 0 Å². The molecule has 1 aromatic carbocycles. The lowest BCUT2D eigenvalue weighted by molar-refractivity contribution is 1.43. The summed E-state index contributed by atoms with van der Waals surface area (Å²) in [6, 6.07) is 7.38. The summed E-state index contributed by atoms with van der Waals surface area (Å²) in [5.41, 5.74) is 1.70. The van der Waals surface area contributed by atoms with Gasteiger partial charge in [0.15, 0.2) is 5.84 Å². The van der Waals surface area contributed by atoms with Gasteiger partial charge in [0.25, 0.3) is 0 Å². The molecule has 0 heterocycles. The summed E-state index contributed by atoms with van der Waals surface area (Å²) >= 11 is 2.12. The highest BCUT2D eigenvalue weighted by Gasteiger charge is 1.96. The third-order valence-electron chi connectivity index (χ3n) is 1.55. The molecule has 0 unspecified atom stereocenters. The molecule has 0 aromatic heterocycles. The van der Waals surface area contributed by atoms with E-state index >= 15 is 0 Å². The van der Waals surface area contributed by atoms with Crippen molar-refractivity contribution in [2.75, 3.05) is 0 Å². The molecule has 0 saturated heterocycles. The Morgan fingerprint density at radius 3 is 2.57 bits per heavy atom. The minimum absolute atomic E-state index is 0.188. The number of hydrogen-bond acceptors (Lipinski definition) is 2. The third kappa shape index (κ3) is 3.16. The van der Waals surface area contributed by atoms with E-state index in [0.717, 1.165) is 11.1 Å². The van der Waals surface area contributed by atoms with E-state index < -0.39 is 0 Å². The minimum Gasteiger partial charge on any atom is -0.282 e. The lowest BCUT2D eigenvalue weighted by atomic mass is 10.1. The van der Waals surface area contributed by atoms with Crippen LogP contribution in [0.2, 0.25) is 0 Å². The Labute approximate surface area is 99.3 Å². The highest BCUT2D eigenvalue weighted by Crippen LogP contribution is 2.09. The minimum atomic E-state index is 0.188. The Kier molecular flexibility index (Phi) is 4.70. The maximum absolute atomic E-state index is 7.42. The molecule has 70 valence electrons. The smallest absolute Gasteiger partial charge is 0.151 e. The van der Waals surface area contributed by atoms with Crippen LogP contribution in [-0.2, 0) is 0 Å². The van der Waals surface area contributed by atoms with E-state index in [4.69, 9.17) is 5.41 Å². The molecular weight excluding hydrogens is 307 g/mol. The van der Waals surface area contributed by atoms with Crippen molar-refractivity contribution in [1.29, 1.82) is 5.41 Å². The van der Waals surface area contributed by atoms with Gasteiger partial charge in [-0.05, 0) is 45.2 Å². The van der Waals surface area contributed by atoms with Crippen LogP contribution in [0.5, 0.6) is 0 Å². The first-order valence-electron chi connectivity index (χ1n) is 3.72. The third-order valence-corrected chi connectivity index (χ3v) is 2.39. The highest BCUT2D eigenvalue weighted by molar-refractivity contribution is 14.2. The van der Waals surface area contributed by atoms with Gasteiger partial charge in [0.1, 0.15) is 0 Å². The van der Waals surface area contributed by atoms with Crippen molar-refractivity contribution in [2.45, 2.75) is 0 Å². The first-order chi connectivity index (χ1) is 6.77. The van der Waals surface area contributed by atoms with Gasteiger partial charge in [0.2, 0.25) is 0 Å². The van der Waals surface area contributed by atoms with Gasteiger partial charge in [-0.25, -0.2) is 4.99 Å². The summed E-state index contributed by atoms with van der Waals surface area (Å²) in [6.45, 7) is 3.30. The molecule has 4 heteroatoms. The van der Waals surface area contributed by atoms with Crippen LogP contribution in [0.1, 0.15) is 11.1 Å². The van der Waals surface area contributed by atoms with E-state index in [1.807, 2.05) is 24.3 Å². The largest absolute Gasteiger partial charge is 0.282 e. The maximum atomic E-state index is 7.42. The number of hydrogen-bond donors (Lipinski definition) is 1. The molecular formula is C10H7IN2S. The van der Waals surface area contributed by atoms with E-state index in [1.54, 1.807) is 0 Å². The van der Waals surface area contributed by atoms with Crippen LogP contribution in [0, 0.1) is 16.6 Å². The lowest BCUT2D eigenvalue weighted by Crippen LogP contribution is -1.92. The van der Waals surface area contributed by atoms with E-state index in [-0.39, 0.29) is 5.84 Å². The molecule has 0 bridgehead atoms. The molecule has 0 fully saturated rings. The fraction of sp³-hybridized carbons (Fsp3) is 0. The Morgan fingerprint density at radius 2 is 2.07 bits per heavy atom. The van der Waals surface area contributed by atoms with Crippen LogP contribution in [0.15, 0.2) is 29.3 Å². The van der Waals surface area contributed by atoms with Gasteiger partial charge in [0, 0.05) is 32.3 Å². The van der Waals surface area contributed by atoms with Gasteiger partial charge in [-0.2, -0.15) is 0 Å². The number of rotatable bonds is 1. The topological polar surface area (TPSA) is 36.2 Å². The Morgan fingerprint density at radius 1 is 1.43 bits per heavy atom. The second-order valence-electron chi connectivity index (χ2n) is 2.39. The zero-order valence-corrected chi connectivity index (χ0v) is 10.2. The van der Waals surface area contributed by atoms with Crippen LogP contribution in [0.4, 0.5) is 0 Å². The van der Waals surface area contributed by atoms with Crippen molar-refractivity contribution in [3.63, 3.8) is 0 Å². The Bertz CT molecular complexity index is 400. The number of nitrogens with one attached hydrogen (secondary N) is 1. The van der Waals surface area contributed by atoms with Crippen LogP contribution in [0.3, 0.4) is 0 Å². The molecule has 0 aliphatic carbocycles. The van der Waals surface area contributed by atoms with Gasteiger partial charge in [-0.15, -0.1) is 0 Å². The molecule has 0 aliphatic rings. The van der Waals surface area contributed by atoms with Crippen molar-refractivity contribution < 1.29 is 0 Å². The molecule has 1 aromatic rings. The van der Waals surface area contributed by atoms with Crippen molar-refractivity contribution in [3.8, 4) is 11.2 Å². The average Bonchev–Trinajstić information content (AvgIpc) is 2.26. The first kappa shape index (κ1) is 11.3. The summed E-state index contributed by atoms with van der Waals surface area (Å²) in [4.78, 5) is 3.54. The predicted molar refractivity (Wildman–Crippen MR) is 71.3 cm³/mol. The molecule has 0 radical (unpaired) electrons. The van der Waals surface area contributed by atoms with Gasteiger partial charge >= 0.3 is 0 Å². The SMILES string of the molecule is C=NC(=N)c1ccc(C#CSI)cc1. The van der Waals surface area contributed by atoms with Crippen molar-refractivity contribution >= 4 is 42.7 Å². The molecule has 1 rings (SSSR count). The quantitative estimate of drug-likeness (QED) is 0.368. The standard InChI is InChI=1S/C10H7IN2S/c1-13-10(12)9-4-2-8(3-5-9)6-7-14-11/h2-5,12H,1H2. The maximum Gasteiger partial charge on any atom is 0.151 e. The first-order valence-corrected chi connectivity index (χ1v) is 7.08. The van der Waals surface area contributed by atoms with Crippen molar-refractivity contribution in [1.82, 2.24) is 0 Å². The summed E-state index contributed by atoms with van der Waals surface area (Å²) in [7, 11) is 1.45. The van der Waals surface area contributed by atoms with E-state index in [0.29, 0.717) is 0 Å². The van der Waals surface area contributed by atoms with E-state index in [9.17, 15) is 0 Å². The molecule has 0 atom stereocenters. The molecule has 0 saturated carbocycles. The van der Waals surface area contributed by atoms with Crippen LogP contribution in [-0.4, -0.2) is 12.6 Å². The number of aliphatic imine (C=N–C) groups is 1. The summed E-state index contributed by atoms with van der Waals surface area (Å²) in [6.07, 6.45) is 0. The second kappa shape index (κ2) is 5.83. The van der Waals surface area contributed by atoms with Crippen LogP contribution >= 0.6 is 30.1 Å². The monoisotopic (exact) mass is 314 g/mol. The molecule has 0 aliphatic heterocycles. The zero-order chi connectivity index (χ0) is 10.4. The normalized spacial score (nSPS) is 8.64. The van der Waals surface area contributed by atoms with Crippen molar-refractivity contribution in [2.24, 2.45) is 4.99 Å². The fourth-order valence-electron chi connectivity index (χ4n) is 0.881. The zero-order valence-electron chi connectivity index (χ0n) is 7.25. The second-order valence-corrected chi connectivity index (χ2v) is 4.07.